The molecule has 20 heavy (non-hydrogen) atoms. The Balaban J connectivity index is 2.64. The van der Waals surface area contributed by atoms with E-state index in [1.54, 1.807) is 4.68 Å². The van der Waals surface area contributed by atoms with Crippen LogP contribution in [-0.2, 0) is 18.9 Å². The van der Waals surface area contributed by atoms with Crippen molar-refractivity contribution in [3.8, 4) is 11.4 Å². The van der Waals surface area contributed by atoms with Gasteiger partial charge in [0.25, 0.3) is 0 Å². The van der Waals surface area contributed by atoms with Crippen molar-refractivity contribution in [2.45, 2.75) is 46.5 Å². The smallest absolute Gasteiger partial charge is 0.165 e. The normalized spacial score (nSPS) is 11.9. The standard InChI is InChI=1S/C15H23N5/c1-7-10-9(2)17-14(18-13(10)16)11-8-20(6)19-12(11)15(3,4)5/h8H,7H2,1-6H3,(H2,16,17,18). The molecule has 2 heterocycles. The van der Waals surface area contributed by atoms with Crippen molar-refractivity contribution < 1.29 is 0 Å². The van der Waals surface area contributed by atoms with Crippen LogP contribution in [0.25, 0.3) is 11.4 Å². The van der Waals surface area contributed by atoms with E-state index in [1.165, 1.54) is 0 Å². The summed E-state index contributed by atoms with van der Waals surface area (Å²) in [6, 6.07) is 0. The quantitative estimate of drug-likeness (QED) is 0.913. The van der Waals surface area contributed by atoms with Gasteiger partial charge in [-0.25, -0.2) is 9.97 Å². The second-order valence-corrected chi connectivity index (χ2v) is 6.17. The molecule has 5 nitrogen and oxygen atoms in total. The second kappa shape index (κ2) is 4.89. The Bertz CT molecular complexity index is 611. The summed E-state index contributed by atoms with van der Waals surface area (Å²) in [5.74, 6) is 1.23. The fourth-order valence-electron chi connectivity index (χ4n) is 2.38. The molecule has 0 radical (unpaired) electrons. The van der Waals surface area contributed by atoms with Gasteiger partial charge in [-0.3, -0.25) is 4.68 Å². The third-order valence-corrected chi connectivity index (χ3v) is 3.38. The SMILES string of the molecule is CCc1c(C)nc(-c2cn(C)nc2C(C)(C)C)nc1N. The van der Waals surface area contributed by atoms with Gasteiger partial charge in [-0.05, 0) is 13.3 Å². The zero-order valence-electron chi connectivity index (χ0n) is 13.2. The van der Waals surface area contributed by atoms with E-state index < -0.39 is 0 Å². The molecule has 2 N–H and O–H groups in total. The number of nitrogen functional groups attached to an aromatic ring is 1. The minimum Gasteiger partial charge on any atom is -0.383 e. The average molecular weight is 273 g/mol. The lowest BCUT2D eigenvalue weighted by molar-refractivity contribution is 0.554. The van der Waals surface area contributed by atoms with E-state index >= 15 is 0 Å². The summed E-state index contributed by atoms with van der Waals surface area (Å²) in [5, 5.41) is 4.56. The summed E-state index contributed by atoms with van der Waals surface area (Å²) in [5.41, 5.74) is 9.91. The number of rotatable bonds is 2. The van der Waals surface area contributed by atoms with E-state index in [0.717, 1.165) is 28.9 Å². The highest BCUT2D eigenvalue weighted by atomic mass is 15.3. The molecule has 0 spiro atoms. The highest BCUT2D eigenvalue weighted by Crippen LogP contribution is 2.31. The van der Waals surface area contributed by atoms with Crippen LogP contribution >= 0.6 is 0 Å². The van der Waals surface area contributed by atoms with Gasteiger partial charge < -0.3 is 5.73 Å². The molecule has 0 atom stereocenters. The van der Waals surface area contributed by atoms with Crippen molar-refractivity contribution >= 4 is 5.82 Å². The van der Waals surface area contributed by atoms with Crippen molar-refractivity contribution in [1.29, 1.82) is 0 Å². The lowest BCUT2D eigenvalue weighted by atomic mass is 9.89. The Morgan fingerprint density at radius 1 is 1.25 bits per heavy atom. The molecule has 0 aliphatic heterocycles. The highest BCUT2D eigenvalue weighted by molar-refractivity contribution is 5.62. The van der Waals surface area contributed by atoms with Crippen molar-refractivity contribution in [2.75, 3.05) is 5.73 Å². The largest absolute Gasteiger partial charge is 0.383 e. The number of hydrogen-bond donors (Lipinski definition) is 1. The minimum absolute atomic E-state index is 0.0634. The van der Waals surface area contributed by atoms with E-state index in [0.29, 0.717) is 11.6 Å². The Labute approximate surface area is 120 Å². The fourth-order valence-corrected chi connectivity index (χ4v) is 2.38. The molecule has 0 aliphatic carbocycles. The summed E-state index contributed by atoms with van der Waals surface area (Å²) in [6.45, 7) is 10.4. The molecule has 2 aromatic rings. The molecule has 0 fully saturated rings. The van der Waals surface area contributed by atoms with Crippen LogP contribution < -0.4 is 5.73 Å². The molecule has 0 saturated carbocycles. The van der Waals surface area contributed by atoms with E-state index in [2.05, 4.69) is 42.8 Å². The van der Waals surface area contributed by atoms with Gasteiger partial charge >= 0.3 is 0 Å². The molecule has 0 saturated heterocycles. The summed E-state index contributed by atoms with van der Waals surface area (Å²) in [7, 11) is 1.91. The highest BCUT2D eigenvalue weighted by Gasteiger charge is 2.24. The van der Waals surface area contributed by atoms with Gasteiger partial charge in [-0.15, -0.1) is 0 Å². The Hall–Kier alpha value is -1.91. The first-order valence-corrected chi connectivity index (χ1v) is 6.91. The number of hydrogen-bond acceptors (Lipinski definition) is 4. The first-order valence-electron chi connectivity index (χ1n) is 6.91. The zero-order valence-corrected chi connectivity index (χ0v) is 13.2. The molecular weight excluding hydrogens is 250 g/mol. The van der Waals surface area contributed by atoms with Crippen LogP contribution in [0.15, 0.2) is 6.20 Å². The maximum atomic E-state index is 6.06. The molecule has 0 bridgehead atoms. The van der Waals surface area contributed by atoms with Gasteiger partial charge in [-0.1, -0.05) is 27.7 Å². The summed E-state index contributed by atoms with van der Waals surface area (Å²) in [4.78, 5) is 9.09. The van der Waals surface area contributed by atoms with Gasteiger partial charge in [0.1, 0.15) is 5.82 Å². The fraction of sp³-hybridized carbons (Fsp3) is 0.533. The van der Waals surface area contributed by atoms with Gasteiger partial charge in [-0.2, -0.15) is 5.10 Å². The molecule has 2 aromatic heterocycles. The molecule has 0 aliphatic rings. The number of nitrogens with two attached hydrogens (primary N) is 1. The van der Waals surface area contributed by atoms with Crippen LogP contribution in [0.4, 0.5) is 5.82 Å². The zero-order chi connectivity index (χ0) is 15.1. The maximum absolute atomic E-state index is 6.06. The van der Waals surface area contributed by atoms with Crippen molar-refractivity contribution in [3.63, 3.8) is 0 Å². The molecule has 108 valence electrons. The van der Waals surface area contributed by atoms with Crippen LogP contribution in [-0.4, -0.2) is 19.7 Å². The van der Waals surface area contributed by atoms with Crippen LogP contribution in [0, 0.1) is 6.92 Å². The molecule has 5 heteroatoms. The van der Waals surface area contributed by atoms with Crippen LogP contribution in [0.1, 0.15) is 44.6 Å². The minimum atomic E-state index is -0.0634. The predicted octanol–water partition coefficient (Wildman–Crippen LogP) is 2.63. The maximum Gasteiger partial charge on any atom is 0.165 e. The third-order valence-electron chi connectivity index (χ3n) is 3.38. The molecule has 0 aromatic carbocycles. The third kappa shape index (κ3) is 2.53. The van der Waals surface area contributed by atoms with E-state index in [-0.39, 0.29) is 5.41 Å². The van der Waals surface area contributed by atoms with Crippen LogP contribution in [0.3, 0.4) is 0 Å². The lowest BCUT2D eigenvalue weighted by Gasteiger charge is -2.17. The van der Waals surface area contributed by atoms with Gasteiger partial charge in [0.2, 0.25) is 0 Å². The number of nitrogens with zero attached hydrogens (tertiary/aromatic N) is 4. The topological polar surface area (TPSA) is 69.6 Å². The molecule has 2 rings (SSSR count). The summed E-state index contributed by atoms with van der Waals surface area (Å²) < 4.78 is 1.80. The van der Waals surface area contributed by atoms with Gasteiger partial charge in [0.05, 0.1) is 11.3 Å². The Morgan fingerprint density at radius 2 is 1.90 bits per heavy atom. The predicted molar refractivity (Wildman–Crippen MR) is 81.5 cm³/mol. The van der Waals surface area contributed by atoms with E-state index in [4.69, 9.17) is 5.73 Å². The van der Waals surface area contributed by atoms with Crippen LogP contribution in [0.5, 0.6) is 0 Å². The van der Waals surface area contributed by atoms with E-state index in [9.17, 15) is 0 Å². The van der Waals surface area contributed by atoms with Crippen molar-refractivity contribution in [2.24, 2.45) is 7.05 Å². The number of aromatic nitrogens is 4. The lowest BCUT2D eigenvalue weighted by Crippen LogP contribution is -2.14. The first kappa shape index (κ1) is 14.5. The average Bonchev–Trinajstić information content (AvgIpc) is 2.70. The Kier molecular flexibility index (Phi) is 3.54. The van der Waals surface area contributed by atoms with Crippen molar-refractivity contribution in [1.82, 2.24) is 19.7 Å². The molecule has 0 amide bonds. The summed E-state index contributed by atoms with van der Waals surface area (Å²) in [6.07, 6.45) is 2.80. The number of anilines is 1. The van der Waals surface area contributed by atoms with Crippen molar-refractivity contribution in [3.05, 3.63) is 23.1 Å². The first-order chi connectivity index (χ1) is 9.24. The van der Waals surface area contributed by atoms with Gasteiger partial charge in [0, 0.05) is 29.9 Å². The number of aryl methyl sites for hydroxylation is 2. The molecular formula is C15H23N5. The molecule has 0 unspecified atom stereocenters. The van der Waals surface area contributed by atoms with Gasteiger partial charge in [0.15, 0.2) is 5.82 Å². The van der Waals surface area contributed by atoms with Crippen LogP contribution in [0.2, 0.25) is 0 Å². The monoisotopic (exact) mass is 273 g/mol. The van der Waals surface area contributed by atoms with E-state index in [1.807, 2.05) is 20.2 Å². The second-order valence-electron chi connectivity index (χ2n) is 6.17. The Morgan fingerprint density at radius 3 is 2.40 bits per heavy atom. The summed E-state index contributed by atoms with van der Waals surface area (Å²) >= 11 is 0.